The molecule has 11 heteroatoms. The Balaban J connectivity index is 1.38. The van der Waals surface area contributed by atoms with Crippen molar-refractivity contribution in [3.63, 3.8) is 0 Å². The van der Waals surface area contributed by atoms with Crippen molar-refractivity contribution in [2.45, 2.75) is 31.9 Å². The Hall–Kier alpha value is -3.47. The molecule has 178 valence electrons. The van der Waals surface area contributed by atoms with Crippen molar-refractivity contribution in [2.24, 2.45) is 0 Å². The molecule has 34 heavy (non-hydrogen) atoms. The molecule has 1 fully saturated rings. The zero-order valence-electron chi connectivity index (χ0n) is 18.2. The number of aromatic nitrogens is 2. The molecule has 0 spiro atoms. The van der Waals surface area contributed by atoms with Gasteiger partial charge in [-0.1, -0.05) is 35.1 Å². The second kappa shape index (κ2) is 9.80. The van der Waals surface area contributed by atoms with Crippen molar-refractivity contribution in [3.8, 4) is 0 Å². The Labute approximate surface area is 198 Å². The molecule has 3 aromatic rings. The first-order valence-corrected chi connectivity index (χ1v) is 11.5. The third-order valence-corrected chi connectivity index (χ3v) is 6.53. The number of halogens is 3. The molecular formula is C23H22F3N5O2S. The summed E-state index contributed by atoms with van der Waals surface area (Å²) in [6, 6.07) is 11.4. The number of amides is 3. The first-order valence-electron chi connectivity index (χ1n) is 10.6. The number of piperidine rings is 1. The van der Waals surface area contributed by atoms with E-state index in [-0.39, 0.29) is 22.5 Å². The van der Waals surface area contributed by atoms with Crippen LogP contribution in [0.4, 0.5) is 29.3 Å². The fourth-order valence-corrected chi connectivity index (χ4v) is 4.52. The summed E-state index contributed by atoms with van der Waals surface area (Å²) in [6.45, 7) is 2.76. The number of alkyl halides is 3. The van der Waals surface area contributed by atoms with Crippen LogP contribution in [0.3, 0.4) is 0 Å². The molecule has 3 amide bonds. The van der Waals surface area contributed by atoms with Gasteiger partial charge in [0.2, 0.25) is 5.01 Å². The summed E-state index contributed by atoms with van der Waals surface area (Å²) in [4.78, 5) is 26.7. The molecule has 0 unspecified atom stereocenters. The van der Waals surface area contributed by atoms with E-state index in [9.17, 15) is 22.8 Å². The molecule has 2 aromatic carbocycles. The van der Waals surface area contributed by atoms with Crippen LogP contribution in [-0.4, -0.2) is 40.1 Å². The summed E-state index contributed by atoms with van der Waals surface area (Å²) in [5.74, 6) is -0.470. The molecule has 0 radical (unpaired) electrons. The highest BCUT2D eigenvalue weighted by molar-refractivity contribution is 7.13. The zero-order valence-corrected chi connectivity index (χ0v) is 19.0. The van der Waals surface area contributed by atoms with Gasteiger partial charge in [-0.2, -0.15) is 13.2 Å². The number of urea groups is 1. The number of hydrogen-bond acceptors (Lipinski definition) is 5. The molecule has 0 saturated carbocycles. The summed E-state index contributed by atoms with van der Waals surface area (Å²) in [5.41, 5.74) is 0.984. The molecule has 4 rings (SSSR count). The minimum atomic E-state index is -4.49. The highest BCUT2D eigenvalue weighted by Gasteiger charge is 2.31. The fourth-order valence-electron chi connectivity index (χ4n) is 3.65. The van der Waals surface area contributed by atoms with Gasteiger partial charge in [0.15, 0.2) is 0 Å². The molecule has 1 aliphatic rings. The normalized spacial score (nSPS) is 16.2. The first kappa shape index (κ1) is 23.7. The van der Waals surface area contributed by atoms with Crippen molar-refractivity contribution in [2.75, 3.05) is 23.7 Å². The van der Waals surface area contributed by atoms with E-state index < -0.39 is 17.8 Å². The lowest BCUT2D eigenvalue weighted by atomic mass is 9.99. The molecule has 1 aliphatic heterocycles. The molecule has 2 heterocycles. The summed E-state index contributed by atoms with van der Waals surface area (Å²) < 4.78 is 38.8. The number of benzene rings is 2. The largest absolute Gasteiger partial charge is 0.416 e. The van der Waals surface area contributed by atoms with Crippen LogP contribution in [0.2, 0.25) is 0 Å². The Morgan fingerprint density at radius 1 is 1.06 bits per heavy atom. The number of nitrogens with one attached hydrogen (secondary N) is 2. The molecule has 0 aliphatic carbocycles. The van der Waals surface area contributed by atoms with E-state index in [0.29, 0.717) is 30.2 Å². The lowest BCUT2D eigenvalue weighted by Gasteiger charge is -2.31. The lowest BCUT2D eigenvalue weighted by molar-refractivity contribution is -0.137. The van der Waals surface area contributed by atoms with Gasteiger partial charge in [0.25, 0.3) is 5.91 Å². The number of nitrogens with zero attached hydrogens (tertiary/aromatic N) is 3. The van der Waals surface area contributed by atoms with E-state index in [2.05, 4.69) is 20.8 Å². The molecule has 1 aromatic heterocycles. The average Bonchev–Trinajstić information content (AvgIpc) is 3.31. The van der Waals surface area contributed by atoms with Gasteiger partial charge in [-0.05, 0) is 50.1 Å². The Kier molecular flexibility index (Phi) is 6.82. The molecule has 7 nitrogen and oxygen atoms in total. The number of carbonyl (C=O) groups is 2. The summed E-state index contributed by atoms with van der Waals surface area (Å²) in [7, 11) is 0. The molecule has 0 bridgehead atoms. The first-order chi connectivity index (χ1) is 16.2. The van der Waals surface area contributed by atoms with Crippen molar-refractivity contribution >= 4 is 34.6 Å². The maximum atomic E-state index is 12.9. The van der Waals surface area contributed by atoms with Crippen molar-refractivity contribution < 1.29 is 22.8 Å². The minimum Gasteiger partial charge on any atom is -0.324 e. The standard InChI is InChI=1S/C23H22F3N5O2S/c1-14-7-9-17(10-8-14)27-19(32)21-30-29-20(34-21)15-4-3-11-31(13-15)22(33)28-18-6-2-5-16(12-18)23(24,25)26/h2,5-10,12,15H,3-4,11,13H2,1H3,(H,27,32)(H,28,33)/t15-/m0/s1. The molecule has 1 atom stereocenters. The summed E-state index contributed by atoms with van der Waals surface area (Å²) in [6.07, 6.45) is -3.02. The predicted molar refractivity (Wildman–Crippen MR) is 123 cm³/mol. The van der Waals surface area contributed by atoms with Gasteiger partial charge in [-0.3, -0.25) is 4.79 Å². The van der Waals surface area contributed by atoms with E-state index in [1.165, 1.54) is 23.5 Å². The van der Waals surface area contributed by atoms with Gasteiger partial charge < -0.3 is 15.5 Å². The number of likely N-dealkylation sites (tertiary alicyclic amines) is 1. The Morgan fingerprint density at radius 2 is 1.82 bits per heavy atom. The number of anilines is 2. The second-order valence-corrected chi connectivity index (χ2v) is 9.07. The van der Waals surface area contributed by atoms with E-state index >= 15 is 0 Å². The van der Waals surface area contributed by atoms with Crippen LogP contribution in [0.15, 0.2) is 48.5 Å². The van der Waals surface area contributed by atoms with Crippen LogP contribution in [0.5, 0.6) is 0 Å². The highest BCUT2D eigenvalue weighted by Crippen LogP contribution is 2.32. The second-order valence-electron chi connectivity index (χ2n) is 8.06. The van der Waals surface area contributed by atoms with E-state index in [1.807, 2.05) is 19.1 Å². The molecule has 1 saturated heterocycles. The van der Waals surface area contributed by atoms with Crippen LogP contribution in [0, 0.1) is 6.92 Å². The number of carbonyl (C=O) groups excluding carboxylic acids is 2. The van der Waals surface area contributed by atoms with Crippen LogP contribution in [-0.2, 0) is 6.18 Å². The summed E-state index contributed by atoms with van der Waals surface area (Å²) in [5, 5.41) is 14.4. The zero-order chi connectivity index (χ0) is 24.3. The van der Waals surface area contributed by atoms with Gasteiger partial charge in [-0.15, -0.1) is 10.2 Å². The number of rotatable bonds is 4. The van der Waals surface area contributed by atoms with E-state index in [0.717, 1.165) is 24.1 Å². The highest BCUT2D eigenvalue weighted by atomic mass is 32.1. The number of aryl methyl sites for hydroxylation is 1. The van der Waals surface area contributed by atoms with Gasteiger partial charge in [-0.25, -0.2) is 4.79 Å². The number of hydrogen-bond donors (Lipinski definition) is 2. The third-order valence-electron chi connectivity index (χ3n) is 5.44. The summed E-state index contributed by atoms with van der Waals surface area (Å²) >= 11 is 1.17. The average molecular weight is 490 g/mol. The maximum Gasteiger partial charge on any atom is 0.416 e. The third kappa shape index (κ3) is 5.71. The van der Waals surface area contributed by atoms with E-state index in [1.54, 1.807) is 17.0 Å². The smallest absolute Gasteiger partial charge is 0.324 e. The fraction of sp³-hybridized carbons (Fsp3) is 0.304. The van der Waals surface area contributed by atoms with Crippen LogP contribution >= 0.6 is 11.3 Å². The van der Waals surface area contributed by atoms with Gasteiger partial charge in [0.05, 0.1) is 5.56 Å². The SMILES string of the molecule is Cc1ccc(NC(=O)c2nnc([C@H]3CCCN(C(=O)Nc4cccc(C(F)(F)F)c4)C3)s2)cc1. The topological polar surface area (TPSA) is 87.2 Å². The van der Waals surface area contributed by atoms with Gasteiger partial charge >= 0.3 is 12.2 Å². The monoisotopic (exact) mass is 489 g/mol. The molecule has 2 N–H and O–H groups in total. The van der Waals surface area contributed by atoms with Gasteiger partial charge in [0.1, 0.15) is 5.01 Å². The Morgan fingerprint density at radius 3 is 2.56 bits per heavy atom. The predicted octanol–water partition coefficient (Wildman–Crippen LogP) is 5.53. The van der Waals surface area contributed by atoms with Crippen LogP contribution < -0.4 is 10.6 Å². The van der Waals surface area contributed by atoms with Gasteiger partial charge in [0, 0.05) is 30.4 Å². The van der Waals surface area contributed by atoms with Crippen molar-refractivity contribution in [3.05, 3.63) is 69.7 Å². The molecular weight excluding hydrogens is 467 g/mol. The van der Waals surface area contributed by atoms with Crippen LogP contribution in [0.1, 0.15) is 44.7 Å². The maximum absolute atomic E-state index is 12.9. The lowest BCUT2D eigenvalue weighted by Crippen LogP contribution is -2.41. The van der Waals surface area contributed by atoms with Crippen molar-refractivity contribution in [1.82, 2.24) is 15.1 Å². The quantitative estimate of drug-likeness (QED) is 0.505. The van der Waals surface area contributed by atoms with E-state index in [4.69, 9.17) is 0 Å². The van der Waals surface area contributed by atoms with Crippen molar-refractivity contribution in [1.29, 1.82) is 0 Å². The minimum absolute atomic E-state index is 0.0768. The Bertz CT molecular complexity index is 1180. The van der Waals surface area contributed by atoms with Crippen LogP contribution in [0.25, 0.3) is 0 Å².